The highest BCUT2D eigenvalue weighted by molar-refractivity contribution is 14.0. The summed E-state index contributed by atoms with van der Waals surface area (Å²) >= 11 is 0. The summed E-state index contributed by atoms with van der Waals surface area (Å²) in [5.41, 5.74) is 1.19. The molecular formula is C20H31IN4O. The van der Waals surface area contributed by atoms with E-state index in [0.29, 0.717) is 13.1 Å². The topological polar surface area (TPSA) is 47.9 Å². The number of guanidine groups is 1. The minimum absolute atomic E-state index is 0. The molecule has 26 heavy (non-hydrogen) atoms. The molecule has 0 bridgehead atoms. The van der Waals surface area contributed by atoms with Crippen molar-refractivity contribution in [3.05, 3.63) is 35.9 Å². The van der Waals surface area contributed by atoms with Gasteiger partial charge in [-0.1, -0.05) is 43.2 Å². The largest absolute Gasteiger partial charge is 0.347 e. The van der Waals surface area contributed by atoms with Gasteiger partial charge in [0.1, 0.15) is 0 Å². The van der Waals surface area contributed by atoms with Gasteiger partial charge in [0.25, 0.3) is 0 Å². The molecule has 1 saturated heterocycles. The number of carbonyl (C=O) groups is 1. The minimum atomic E-state index is 0. The van der Waals surface area contributed by atoms with Crippen molar-refractivity contribution in [1.82, 2.24) is 15.1 Å². The molecular weight excluding hydrogens is 439 g/mol. The molecule has 2 atom stereocenters. The lowest BCUT2D eigenvalue weighted by atomic mass is 9.82. The Morgan fingerprint density at radius 1 is 1.15 bits per heavy atom. The number of rotatable bonds is 4. The molecule has 0 aromatic heterocycles. The highest BCUT2D eigenvalue weighted by atomic mass is 127. The van der Waals surface area contributed by atoms with Crippen LogP contribution in [0.3, 0.4) is 0 Å². The molecule has 1 aromatic rings. The average molecular weight is 470 g/mol. The fourth-order valence-corrected chi connectivity index (χ4v) is 3.91. The Hall–Kier alpha value is -1.31. The molecule has 0 radical (unpaired) electrons. The van der Waals surface area contributed by atoms with E-state index >= 15 is 0 Å². The van der Waals surface area contributed by atoms with Gasteiger partial charge in [-0.25, -0.2) is 4.99 Å². The van der Waals surface area contributed by atoms with Crippen molar-refractivity contribution in [2.45, 2.75) is 32.2 Å². The van der Waals surface area contributed by atoms with Crippen molar-refractivity contribution in [3.63, 3.8) is 0 Å². The number of hydrogen-bond donors (Lipinski definition) is 1. The fourth-order valence-electron chi connectivity index (χ4n) is 3.91. The van der Waals surface area contributed by atoms with Gasteiger partial charge in [0, 0.05) is 27.2 Å². The summed E-state index contributed by atoms with van der Waals surface area (Å²) in [5.74, 6) is 2.54. The van der Waals surface area contributed by atoms with Gasteiger partial charge in [0.15, 0.2) is 5.96 Å². The molecule has 1 aromatic carbocycles. The van der Waals surface area contributed by atoms with Gasteiger partial charge in [0.05, 0.1) is 13.1 Å². The van der Waals surface area contributed by atoms with Gasteiger partial charge in [-0.15, -0.1) is 24.0 Å². The van der Waals surface area contributed by atoms with Gasteiger partial charge in [0.2, 0.25) is 5.91 Å². The predicted molar refractivity (Wildman–Crippen MR) is 117 cm³/mol. The van der Waals surface area contributed by atoms with Crippen molar-refractivity contribution in [1.29, 1.82) is 0 Å². The number of benzene rings is 1. The molecule has 6 heteroatoms. The monoisotopic (exact) mass is 470 g/mol. The molecule has 1 aliphatic heterocycles. The first-order valence-corrected chi connectivity index (χ1v) is 9.41. The number of likely N-dealkylation sites (tertiary alicyclic amines) is 1. The first-order chi connectivity index (χ1) is 12.1. The first kappa shape index (κ1) is 21.0. The Bertz CT molecular complexity index is 591. The number of halogens is 1. The third kappa shape index (κ3) is 5.59. The van der Waals surface area contributed by atoms with Crippen LogP contribution in [-0.4, -0.2) is 55.4 Å². The minimum Gasteiger partial charge on any atom is -0.347 e. The van der Waals surface area contributed by atoms with Crippen LogP contribution in [0.1, 0.15) is 31.2 Å². The van der Waals surface area contributed by atoms with Crippen molar-refractivity contribution in [3.8, 4) is 0 Å². The van der Waals surface area contributed by atoms with Crippen LogP contribution in [0.15, 0.2) is 35.3 Å². The summed E-state index contributed by atoms with van der Waals surface area (Å²) < 4.78 is 0. The van der Waals surface area contributed by atoms with Gasteiger partial charge >= 0.3 is 0 Å². The molecule has 5 nitrogen and oxygen atoms in total. The van der Waals surface area contributed by atoms with Crippen LogP contribution in [0, 0.1) is 11.8 Å². The van der Waals surface area contributed by atoms with Gasteiger partial charge < -0.3 is 15.1 Å². The second-order valence-electron chi connectivity index (χ2n) is 7.48. The molecule has 144 valence electrons. The number of nitrogens with one attached hydrogen (secondary N) is 1. The van der Waals surface area contributed by atoms with E-state index in [-0.39, 0.29) is 29.9 Å². The normalized spacial score (nSPS) is 22.4. The third-order valence-corrected chi connectivity index (χ3v) is 5.43. The van der Waals surface area contributed by atoms with Crippen LogP contribution in [0.2, 0.25) is 0 Å². The molecule has 1 heterocycles. The van der Waals surface area contributed by atoms with E-state index in [1.165, 1.54) is 31.2 Å². The van der Waals surface area contributed by atoms with Crippen molar-refractivity contribution >= 4 is 35.8 Å². The number of nitrogens with zero attached hydrogens (tertiary/aromatic N) is 3. The third-order valence-electron chi connectivity index (χ3n) is 5.43. The number of fused-ring (bicyclic) bond motifs is 1. The maximum absolute atomic E-state index is 12.0. The van der Waals surface area contributed by atoms with Crippen LogP contribution in [-0.2, 0) is 11.3 Å². The second-order valence-corrected chi connectivity index (χ2v) is 7.48. The standard InChI is InChI=1S/C20H30N4O.HI/c1-23(2)19(25)13-22-20(21-12-16-8-4-3-5-9-16)24-14-17-10-6-7-11-18(17)15-24;/h3-5,8-9,17-18H,6-7,10-15H2,1-2H3,(H,21,22);1H. The first-order valence-electron chi connectivity index (χ1n) is 9.41. The lowest BCUT2D eigenvalue weighted by Crippen LogP contribution is -2.44. The number of aliphatic imine (C=N–C) groups is 1. The second kappa shape index (κ2) is 10.1. The SMILES string of the molecule is CN(C)C(=O)CNC(=NCc1ccccc1)N1CC2CCCCC2C1.I. The number of hydrogen-bond acceptors (Lipinski definition) is 2. The molecule has 1 N–H and O–H groups in total. The summed E-state index contributed by atoms with van der Waals surface area (Å²) in [6.07, 6.45) is 5.39. The Kier molecular flexibility index (Phi) is 8.18. The summed E-state index contributed by atoms with van der Waals surface area (Å²) in [5, 5.41) is 3.31. The van der Waals surface area contributed by atoms with E-state index in [2.05, 4.69) is 22.3 Å². The molecule has 2 unspecified atom stereocenters. The molecule has 0 spiro atoms. The van der Waals surface area contributed by atoms with E-state index in [1.807, 2.05) is 18.2 Å². The summed E-state index contributed by atoms with van der Waals surface area (Å²) in [7, 11) is 3.57. The highest BCUT2D eigenvalue weighted by Gasteiger charge is 2.35. The van der Waals surface area contributed by atoms with Gasteiger partial charge in [-0.05, 0) is 30.2 Å². The zero-order valence-corrected chi connectivity index (χ0v) is 18.2. The van der Waals surface area contributed by atoms with E-state index in [9.17, 15) is 4.79 Å². The molecule has 3 rings (SSSR count). The summed E-state index contributed by atoms with van der Waals surface area (Å²) in [6, 6.07) is 10.3. The maximum atomic E-state index is 12.0. The number of amides is 1. The number of carbonyl (C=O) groups excluding carboxylic acids is 1. The quantitative estimate of drug-likeness (QED) is 0.418. The predicted octanol–water partition coefficient (Wildman–Crippen LogP) is 2.96. The molecule has 1 aliphatic carbocycles. The Balaban J connectivity index is 0.00000243. The van der Waals surface area contributed by atoms with Gasteiger partial charge in [-0.2, -0.15) is 0 Å². The zero-order valence-electron chi connectivity index (χ0n) is 15.9. The van der Waals surface area contributed by atoms with Crippen molar-refractivity contribution in [2.24, 2.45) is 16.8 Å². The molecule has 1 amide bonds. The van der Waals surface area contributed by atoms with Crippen molar-refractivity contribution in [2.75, 3.05) is 33.7 Å². The number of likely N-dealkylation sites (N-methyl/N-ethyl adjacent to an activating group) is 1. The van der Waals surface area contributed by atoms with Crippen LogP contribution in [0.5, 0.6) is 0 Å². The summed E-state index contributed by atoms with van der Waals surface area (Å²) in [4.78, 5) is 20.8. The van der Waals surface area contributed by atoms with Crippen LogP contribution < -0.4 is 5.32 Å². The lowest BCUT2D eigenvalue weighted by Gasteiger charge is -2.23. The van der Waals surface area contributed by atoms with E-state index < -0.39 is 0 Å². The summed E-state index contributed by atoms with van der Waals surface area (Å²) in [6.45, 7) is 3.08. The van der Waals surface area contributed by atoms with Crippen LogP contribution in [0.4, 0.5) is 0 Å². The van der Waals surface area contributed by atoms with E-state index in [1.54, 1.807) is 19.0 Å². The van der Waals surface area contributed by atoms with Gasteiger partial charge in [-0.3, -0.25) is 4.79 Å². The van der Waals surface area contributed by atoms with Crippen molar-refractivity contribution < 1.29 is 4.79 Å². The molecule has 2 fully saturated rings. The average Bonchev–Trinajstić information content (AvgIpc) is 3.06. The maximum Gasteiger partial charge on any atom is 0.241 e. The Morgan fingerprint density at radius 2 is 1.77 bits per heavy atom. The Morgan fingerprint density at radius 3 is 2.35 bits per heavy atom. The molecule has 1 saturated carbocycles. The molecule has 2 aliphatic rings. The highest BCUT2D eigenvalue weighted by Crippen LogP contribution is 2.35. The fraction of sp³-hybridized carbons (Fsp3) is 0.600. The van der Waals surface area contributed by atoms with E-state index in [4.69, 9.17) is 4.99 Å². The van der Waals surface area contributed by atoms with Crippen LogP contribution in [0.25, 0.3) is 0 Å². The lowest BCUT2D eigenvalue weighted by molar-refractivity contribution is -0.127. The Labute approximate surface area is 174 Å². The van der Waals surface area contributed by atoms with E-state index in [0.717, 1.165) is 30.9 Å². The smallest absolute Gasteiger partial charge is 0.241 e. The zero-order chi connectivity index (χ0) is 17.6. The van der Waals surface area contributed by atoms with Crippen LogP contribution >= 0.6 is 24.0 Å².